The van der Waals surface area contributed by atoms with Gasteiger partial charge in [-0.2, -0.15) is 0 Å². The molecule has 0 unspecified atom stereocenters. The summed E-state index contributed by atoms with van der Waals surface area (Å²) in [6.07, 6.45) is 1.62. The van der Waals surface area contributed by atoms with E-state index in [2.05, 4.69) is 57.1 Å². The van der Waals surface area contributed by atoms with Crippen molar-refractivity contribution in [3.63, 3.8) is 0 Å². The number of hydrogen-bond donors (Lipinski definition) is 1. The highest BCUT2D eigenvalue weighted by Gasteiger charge is 2.18. The van der Waals surface area contributed by atoms with Crippen LogP contribution in [0.3, 0.4) is 0 Å². The van der Waals surface area contributed by atoms with Crippen molar-refractivity contribution >= 4 is 21.7 Å². The highest BCUT2D eigenvalue weighted by atomic mass is 79.9. The molecule has 2 rings (SSSR count). The van der Waals surface area contributed by atoms with Crippen molar-refractivity contribution in [1.82, 2.24) is 15.1 Å². The van der Waals surface area contributed by atoms with Gasteiger partial charge in [0, 0.05) is 17.5 Å². The van der Waals surface area contributed by atoms with Crippen molar-refractivity contribution in [1.29, 1.82) is 0 Å². The van der Waals surface area contributed by atoms with Crippen LogP contribution < -0.4 is 5.32 Å². The monoisotopic (exact) mass is 310 g/mol. The first-order chi connectivity index (χ1) is 8.45. The Morgan fingerprint density at radius 2 is 2.11 bits per heavy atom. The van der Waals surface area contributed by atoms with Crippen molar-refractivity contribution in [3.8, 4) is 0 Å². The largest absolute Gasteiger partial charge is 0.363 e. The van der Waals surface area contributed by atoms with Gasteiger partial charge in [-0.3, -0.25) is 0 Å². The van der Waals surface area contributed by atoms with E-state index in [-0.39, 0.29) is 5.41 Å². The summed E-state index contributed by atoms with van der Waals surface area (Å²) in [4.78, 5) is 8.87. The number of anilines is 1. The highest BCUT2D eigenvalue weighted by Crippen LogP contribution is 2.22. The second-order valence-corrected chi connectivity index (χ2v) is 5.79. The summed E-state index contributed by atoms with van der Waals surface area (Å²) in [6.45, 7) is 6.78. The third-order valence-corrected chi connectivity index (χ3v) is 2.71. The van der Waals surface area contributed by atoms with E-state index in [1.807, 2.05) is 12.1 Å². The summed E-state index contributed by atoms with van der Waals surface area (Å²) in [5.41, 5.74) is -0.0908. The maximum atomic E-state index is 5.02. The Morgan fingerprint density at radius 1 is 1.33 bits per heavy atom. The van der Waals surface area contributed by atoms with Crippen LogP contribution in [0, 0.1) is 0 Å². The number of aromatic nitrogens is 3. The first-order valence-corrected chi connectivity index (χ1v) is 6.43. The molecule has 5 nitrogen and oxygen atoms in total. The summed E-state index contributed by atoms with van der Waals surface area (Å²) >= 11 is 3.40. The average molecular weight is 311 g/mol. The number of nitrogens with one attached hydrogen (secondary N) is 1. The molecule has 0 aliphatic rings. The molecule has 18 heavy (non-hydrogen) atoms. The fourth-order valence-electron chi connectivity index (χ4n) is 1.35. The molecule has 0 saturated heterocycles. The van der Waals surface area contributed by atoms with E-state index in [1.165, 1.54) is 0 Å². The van der Waals surface area contributed by atoms with Crippen molar-refractivity contribution < 1.29 is 4.52 Å². The molecule has 0 saturated carbocycles. The van der Waals surface area contributed by atoms with Crippen LogP contribution in [0.4, 0.5) is 5.82 Å². The average Bonchev–Trinajstić information content (AvgIpc) is 2.77. The van der Waals surface area contributed by atoms with Crippen LogP contribution in [-0.2, 0) is 12.0 Å². The molecule has 0 fully saturated rings. The normalized spacial score (nSPS) is 11.6. The van der Waals surface area contributed by atoms with E-state index in [4.69, 9.17) is 4.52 Å². The maximum Gasteiger partial charge on any atom is 0.155 e. The topological polar surface area (TPSA) is 63.8 Å². The Balaban J connectivity index is 2.15. The van der Waals surface area contributed by atoms with Crippen LogP contribution in [0.5, 0.6) is 0 Å². The Bertz CT molecular complexity index is 519. The summed E-state index contributed by atoms with van der Waals surface area (Å²) in [7, 11) is 0. The standard InChI is InChI=1S/C12H15BrN4O/c1-12(2,3)11-16-9(13)6-10(17-11)14-7-8-4-5-15-18-8/h4-6H,7H2,1-3H3,(H,14,16,17). The fraction of sp³-hybridized carbons (Fsp3) is 0.417. The number of rotatable bonds is 3. The molecule has 2 aromatic heterocycles. The Hall–Kier alpha value is -1.43. The lowest BCUT2D eigenvalue weighted by atomic mass is 9.96. The fourth-order valence-corrected chi connectivity index (χ4v) is 1.74. The molecule has 0 atom stereocenters. The molecule has 6 heteroatoms. The molecular weight excluding hydrogens is 296 g/mol. The third kappa shape index (κ3) is 3.29. The smallest absolute Gasteiger partial charge is 0.155 e. The zero-order valence-electron chi connectivity index (χ0n) is 10.6. The first kappa shape index (κ1) is 13.0. The number of hydrogen-bond acceptors (Lipinski definition) is 5. The lowest BCUT2D eigenvalue weighted by Gasteiger charge is -2.17. The van der Waals surface area contributed by atoms with Crippen molar-refractivity contribution in [2.75, 3.05) is 5.32 Å². The lowest BCUT2D eigenvalue weighted by molar-refractivity contribution is 0.388. The van der Waals surface area contributed by atoms with Crippen molar-refractivity contribution in [3.05, 3.63) is 34.5 Å². The molecule has 2 aromatic rings. The molecule has 96 valence electrons. The molecule has 2 heterocycles. The van der Waals surface area contributed by atoms with Gasteiger partial charge in [0.25, 0.3) is 0 Å². The Morgan fingerprint density at radius 3 is 2.72 bits per heavy atom. The predicted molar refractivity (Wildman–Crippen MR) is 72.3 cm³/mol. The zero-order valence-corrected chi connectivity index (χ0v) is 12.2. The molecule has 0 amide bonds. The molecule has 0 bridgehead atoms. The van der Waals surface area contributed by atoms with Gasteiger partial charge in [-0.1, -0.05) is 25.9 Å². The Labute approximate surface area is 114 Å². The van der Waals surface area contributed by atoms with Crippen LogP contribution in [0.2, 0.25) is 0 Å². The molecule has 0 aromatic carbocycles. The first-order valence-electron chi connectivity index (χ1n) is 5.63. The number of halogens is 1. The van der Waals surface area contributed by atoms with Gasteiger partial charge in [-0.15, -0.1) is 0 Å². The van der Waals surface area contributed by atoms with Gasteiger partial charge in [0.1, 0.15) is 16.2 Å². The van der Waals surface area contributed by atoms with Gasteiger partial charge in [0.2, 0.25) is 0 Å². The minimum atomic E-state index is -0.0908. The van der Waals surface area contributed by atoms with Crippen LogP contribution >= 0.6 is 15.9 Å². The molecule has 0 spiro atoms. The van der Waals surface area contributed by atoms with E-state index >= 15 is 0 Å². The summed E-state index contributed by atoms with van der Waals surface area (Å²) in [6, 6.07) is 3.65. The van der Waals surface area contributed by atoms with E-state index < -0.39 is 0 Å². The van der Waals surface area contributed by atoms with Crippen LogP contribution in [0.1, 0.15) is 32.4 Å². The molecule has 0 radical (unpaired) electrons. The molecule has 0 aliphatic carbocycles. The SMILES string of the molecule is CC(C)(C)c1nc(Br)cc(NCc2ccno2)n1. The van der Waals surface area contributed by atoms with E-state index in [0.717, 1.165) is 22.0 Å². The second kappa shape index (κ2) is 5.06. The predicted octanol–water partition coefficient (Wildman–Crippen LogP) is 3.14. The van der Waals surface area contributed by atoms with Crippen LogP contribution in [0.25, 0.3) is 0 Å². The molecular formula is C12H15BrN4O. The van der Waals surface area contributed by atoms with Gasteiger partial charge >= 0.3 is 0 Å². The van der Waals surface area contributed by atoms with Gasteiger partial charge in [0.05, 0.1) is 12.7 Å². The lowest BCUT2D eigenvalue weighted by Crippen LogP contribution is -2.17. The quantitative estimate of drug-likeness (QED) is 0.882. The zero-order chi connectivity index (χ0) is 13.2. The van der Waals surface area contributed by atoms with Gasteiger partial charge < -0.3 is 9.84 Å². The molecule has 0 aliphatic heterocycles. The second-order valence-electron chi connectivity index (χ2n) is 4.98. The van der Waals surface area contributed by atoms with Gasteiger partial charge in [0.15, 0.2) is 5.76 Å². The van der Waals surface area contributed by atoms with E-state index in [1.54, 1.807) is 6.20 Å². The maximum absolute atomic E-state index is 5.02. The minimum Gasteiger partial charge on any atom is -0.363 e. The highest BCUT2D eigenvalue weighted by molar-refractivity contribution is 9.10. The number of nitrogens with zero attached hydrogens (tertiary/aromatic N) is 3. The summed E-state index contributed by atoms with van der Waals surface area (Å²) in [5.74, 6) is 2.32. The van der Waals surface area contributed by atoms with Crippen LogP contribution in [0.15, 0.2) is 27.5 Å². The minimum absolute atomic E-state index is 0.0908. The van der Waals surface area contributed by atoms with E-state index in [0.29, 0.717) is 6.54 Å². The van der Waals surface area contributed by atoms with E-state index in [9.17, 15) is 0 Å². The summed E-state index contributed by atoms with van der Waals surface area (Å²) in [5, 5.41) is 6.84. The van der Waals surface area contributed by atoms with Gasteiger partial charge in [-0.05, 0) is 15.9 Å². The molecule has 1 N–H and O–H groups in total. The van der Waals surface area contributed by atoms with Crippen LogP contribution in [-0.4, -0.2) is 15.1 Å². The Kier molecular flexibility index (Phi) is 3.65. The van der Waals surface area contributed by atoms with Crippen molar-refractivity contribution in [2.45, 2.75) is 32.7 Å². The summed E-state index contributed by atoms with van der Waals surface area (Å²) < 4.78 is 5.78. The van der Waals surface area contributed by atoms with Gasteiger partial charge in [-0.25, -0.2) is 9.97 Å². The third-order valence-electron chi connectivity index (χ3n) is 2.30. The van der Waals surface area contributed by atoms with Crippen molar-refractivity contribution in [2.24, 2.45) is 0 Å².